The standard InChI is InChI=1S/C25H34N4O2/c1-3-26-25(27-15-13-22-11-7-8-12-23(22)31-2)28-18-21-17-24(30)29(19-21)16-14-20-9-5-4-6-10-20/h4-12,21H,3,13-19H2,1-2H3,(H2,26,27,28). The Balaban J connectivity index is 1.46. The smallest absolute Gasteiger partial charge is 0.223 e. The first-order chi connectivity index (χ1) is 15.2. The number of nitrogens with zero attached hydrogens (tertiary/aromatic N) is 2. The third-order valence-electron chi connectivity index (χ3n) is 5.54. The van der Waals surface area contributed by atoms with Crippen molar-refractivity contribution in [3.05, 3.63) is 65.7 Å². The van der Waals surface area contributed by atoms with Crippen LogP contribution in [0.25, 0.3) is 0 Å². The molecule has 0 spiro atoms. The Morgan fingerprint density at radius 3 is 2.65 bits per heavy atom. The number of carbonyl (C=O) groups is 1. The molecule has 2 aromatic rings. The van der Waals surface area contributed by atoms with E-state index in [0.29, 0.717) is 13.0 Å². The van der Waals surface area contributed by atoms with Gasteiger partial charge in [0.25, 0.3) is 0 Å². The predicted molar refractivity (Wildman–Crippen MR) is 126 cm³/mol. The molecule has 1 heterocycles. The van der Waals surface area contributed by atoms with Crippen LogP contribution in [0.3, 0.4) is 0 Å². The van der Waals surface area contributed by atoms with Gasteiger partial charge in [-0.25, -0.2) is 0 Å². The van der Waals surface area contributed by atoms with Crippen molar-refractivity contribution in [3.63, 3.8) is 0 Å². The SMILES string of the molecule is CCNC(=NCC1CC(=O)N(CCc2ccccc2)C1)NCCc1ccccc1OC. The summed E-state index contributed by atoms with van der Waals surface area (Å²) < 4.78 is 5.42. The average Bonchev–Trinajstić information content (AvgIpc) is 3.16. The van der Waals surface area contributed by atoms with Crippen molar-refractivity contribution in [2.75, 3.05) is 39.8 Å². The van der Waals surface area contributed by atoms with Gasteiger partial charge >= 0.3 is 0 Å². The number of guanidine groups is 1. The molecule has 31 heavy (non-hydrogen) atoms. The molecular weight excluding hydrogens is 388 g/mol. The molecule has 0 bridgehead atoms. The highest BCUT2D eigenvalue weighted by Gasteiger charge is 2.29. The summed E-state index contributed by atoms with van der Waals surface area (Å²) in [5, 5.41) is 6.70. The Hall–Kier alpha value is -3.02. The minimum Gasteiger partial charge on any atom is -0.496 e. The van der Waals surface area contributed by atoms with E-state index < -0.39 is 0 Å². The second-order valence-corrected chi connectivity index (χ2v) is 7.85. The molecule has 0 aromatic heterocycles. The van der Waals surface area contributed by atoms with Crippen molar-refractivity contribution in [3.8, 4) is 5.75 Å². The van der Waals surface area contributed by atoms with Crippen LogP contribution in [0.15, 0.2) is 59.6 Å². The molecule has 3 rings (SSSR count). The van der Waals surface area contributed by atoms with Gasteiger partial charge in [-0.15, -0.1) is 0 Å². The van der Waals surface area contributed by atoms with Gasteiger partial charge in [0.1, 0.15) is 5.75 Å². The van der Waals surface area contributed by atoms with E-state index in [1.807, 2.05) is 41.3 Å². The lowest BCUT2D eigenvalue weighted by atomic mass is 10.1. The first kappa shape index (κ1) is 22.7. The van der Waals surface area contributed by atoms with Gasteiger partial charge in [0, 0.05) is 45.1 Å². The predicted octanol–water partition coefficient (Wildman–Crippen LogP) is 2.88. The van der Waals surface area contributed by atoms with Crippen LogP contribution in [0, 0.1) is 5.92 Å². The second kappa shape index (κ2) is 12.0. The number of likely N-dealkylation sites (tertiary alicyclic amines) is 1. The topological polar surface area (TPSA) is 66.0 Å². The number of ether oxygens (including phenoxy) is 1. The quantitative estimate of drug-likeness (QED) is 0.456. The number of para-hydroxylation sites is 1. The van der Waals surface area contributed by atoms with Crippen LogP contribution < -0.4 is 15.4 Å². The molecule has 2 aromatic carbocycles. The number of hydrogen-bond acceptors (Lipinski definition) is 3. The first-order valence-corrected chi connectivity index (χ1v) is 11.2. The van der Waals surface area contributed by atoms with Crippen molar-refractivity contribution < 1.29 is 9.53 Å². The number of nitrogens with one attached hydrogen (secondary N) is 2. The second-order valence-electron chi connectivity index (χ2n) is 7.85. The zero-order valence-electron chi connectivity index (χ0n) is 18.6. The Labute approximate surface area is 185 Å². The molecule has 0 radical (unpaired) electrons. The molecule has 1 aliphatic rings. The van der Waals surface area contributed by atoms with Crippen LogP contribution in [0.2, 0.25) is 0 Å². The molecule has 1 atom stereocenters. The fourth-order valence-electron chi connectivity index (χ4n) is 3.89. The highest BCUT2D eigenvalue weighted by Crippen LogP contribution is 2.19. The summed E-state index contributed by atoms with van der Waals surface area (Å²) in [6, 6.07) is 18.4. The molecule has 1 saturated heterocycles. The monoisotopic (exact) mass is 422 g/mol. The summed E-state index contributed by atoms with van der Waals surface area (Å²) in [7, 11) is 1.70. The lowest BCUT2D eigenvalue weighted by Gasteiger charge is -2.16. The number of benzene rings is 2. The Morgan fingerprint density at radius 2 is 1.87 bits per heavy atom. The molecule has 0 saturated carbocycles. The van der Waals surface area contributed by atoms with Gasteiger partial charge in [-0.2, -0.15) is 0 Å². The van der Waals surface area contributed by atoms with Gasteiger partial charge in [0.2, 0.25) is 5.91 Å². The van der Waals surface area contributed by atoms with Gasteiger partial charge in [-0.05, 0) is 37.0 Å². The van der Waals surface area contributed by atoms with E-state index in [2.05, 4.69) is 35.8 Å². The fourth-order valence-corrected chi connectivity index (χ4v) is 3.89. The zero-order valence-corrected chi connectivity index (χ0v) is 18.6. The molecule has 166 valence electrons. The number of rotatable bonds is 10. The van der Waals surface area contributed by atoms with Crippen LogP contribution in [0.1, 0.15) is 24.5 Å². The minimum atomic E-state index is 0.241. The van der Waals surface area contributed by atoms with E-state index in [1.165, 1.54) is 11.1 Å². The average molecular weight is 423 g/mol. The third-order valence-corrected chi connectivity index (χ3v) is 5.54. The highest BCUT2D eigenvalue weighted by atomic mass is 16.5. The molecule has 2 N–H and O–H groups in total. The lowest BCUT2D eigenvalue weighted by Crippen LogP contribution is -2.38. The molecule has 6 heteroatoms. The van der Waals surface area contributed by atoms with Crippen LogP contribution in [-0.2, 0) is 17.6 Å². The fraction of sp³-hybridized carbons (Fsp3) is 0.440. The van der Waals surface area contributed by atoms with Crippen molar-refractivity contribution in [2.45, 2.75) is 26.2 Å². The van der Waals surface area contributed by atoms with E-state index in [4.69, 9.17) is 9.73 Å². The number of amides is 1. The number of hydrogen-bond donors (Lipinski definition) is 2. The highest BCUT2D eigenvalue weighted by molar-refractivity contribution is 5.80. The van der Waals surface area contributed by atoms with Gasteiger partial charge in [0.05, 0.1) is 7.11 Å². The Kier molecular flexibility index (Phi) is 8.76. The number of carbonyl (C=O) groups excluding carboxylic acids is 1. The van der Waals surface area contributed by atoms with Gasteiger partial charge < -0.3 is 20.3 Å². The maximum Gasteiger partial charge on any atom is 0.223 e. The van der Waals surface area contributed by atoms with Crippen molar-refractivity contribution in [2.24, 2.45) is 10.9 Å². The molecule has 1 aliphatic heterocycles. The number of aliphatic imine (C=N–C) groups is 1. The zero-order chi connectivity index (χ0) is 21.9. The van der Waals surface area contributed by atoms with Gasteiger partial charge in [-0.1, -0.05) is 48.5 Å². The Morgan fingerprint density at radius 1 is 1.10 bits per heavy atom. The summed E-state index contributed by atoms with van der Waals surface area (Å²) in [4.78, 5) is 19.1. The van der Waals surface area contributed by atoms with Crippen LogP contribution in [-0.4, -0.2) is 56.6 Å². The summed E-state index contributed by atoms with van der Waals surface area (Å²) in [6.45, 7) is 5.84. The maximum absolute atomic E-state index is 12.4. The Bertz CT molecular complexity index is 854. The van der Waals surface area contributed by atoms with Crippen LogP contribution in [0.4, 0.5) is 0 Å². The van der Waals surface area contributed by atoms with E-state index in [1.54, 1.807) is 7.11 Å². The van der Waals surface area contributed by atoms with E-state index in [0.717, 1.165) is 50.7 Å². The van der Waals surface area contributed by atoms with Crippen molar-refractivity contribution in [1.82, 2.24) is 15.5 Å². The van der Waals surface area contributed by atoms with Gasteiger partial charge in [0.15, 0.2) is 5.96 Å². The third kappa shape index (κ3) is 7.02. The van der Waals surface area contributed by atoms with E-state index in [9.17, 15) is 4.79 Å². The largest absolute Gasteiger partial charge is 0.496 e. The summed E-state index contributed by atoms with van der Waals surface area (Å²) >= 11 is 0. The summed E-state index contributed by atoms with van der Waals surface area (Å²) in [6.07, 6.45) is 2.33. The van der Waals surface area contributed by atoms with Crippen molar-refractivity contribution >= 4 is 11.9 Å². The molecule has 1 unspecified atom stereocenters. The molecule has 1 amide bonds. The molecule has 6 nitrogen and oxygen atoms in total. The summed E-state index contributed by atoms with van der Waals surface area (Å²) in [5.41, 5.74) is 2.44. The van der Waals surface area contributed by atoms with E-state index in [-0.39, 0.29) is 11.8 Å². The van der Waals surface area contributed by atoms with Crippen molar-refractivity contribution in [1.29, 1.82) is 0 Å². The number of methoxy groups -OCH3 is 1. The normalized spacial score (nSPS) is 16.5. The minimum absolute atomic E-state index is 0.241. The van der Waals surface area contributed by atoms with E-state index >= 15 is 0 Å². The maximum atomic E-state index is 12.4. The molecule has 0 aliphatic carbocycles. The van der Waals surface area contributed by atoms with Crippen LogP contribution in [0.5, 0.6) is 5.75 Å². The van der Waals surface area contributed by atoms with Gasteiger partial charge in [-0.3, -0.25) is 9.79 Å². The lowest BCUT2D eigenvalue weighted by molar-refractivity contribution is -0.127. The molecular formula is C25H34N4O2. The first-order valence-electron chi connectivity index (χ1n) is 11.2. The molecule has 1 fully saturated rings. The van der Waals surface area contributed by atoms with Crippen LogP contribution >= 0.6 is 0 Å². The summed E-state index contributed by atoms with van der Waals surface area (Å²) in [5.74, 6) is 2.22.